The highest BCUT2D eigenvalue weighted by molar-refractivity contribution is 5.88. The van der Waals surface area contributed by atoms with E-state index in [1.54, 1.807) is 33.2 Å². The SMILES string of the molecule is CN=Nc1ccc(-c2c(F)cn3nc(NC4CCN(C(C)=O)CC4F)nc(NC)c23)nc1C. The number of anilines is 2. The molecule has 174 valence electrons. The van der Waals surface area contributed by atoms with Crippen LogP contribution in [0.4, 0.5) is 26.2 Å². The second-order valence-corrected chi connectivity index (χ2v) is 7.80. The fourth-order valence-electron chi connectivity index (χ4n) is 3.96. The van der Waals surface area contributed by atoms with Crippen molar-refractivity contribution < 1.29 is 13.6 Å². The molecule has 0 spiro atoms. The Morgan fingerprint density at radius 2 is 2.09 bits per heavy atom. The van der Waals surface area contributed by atoms with Gasteiger partial charge in [0.05, 0.1) is 35.7 Å². The van der Waals surface area contributed by atoms with E-state index in [0.29, 0.717) is 41.4 Å². The minimum Gasteiger partial charge on any atom is -0.371 e. The Kier molecular flexibility index (Phi) is 6.16. The van der Waals surface area contributed by atoms with Gasteiger partial charge in [0.15, 0.2) is 11.6 Å². The third-order valence-electron chi connectivity index (χ3n) is 5.64. The third-order valence-corrected chi connectivity index (χ3v) is 5.64. The molecular weight excluding hydrogens is 432 g/mol. The lowest BCUT2D eigenvalue weighted by atomic mass is 10.0. The normalized spacial score (nSPS) is 18.8. The summed E-state index contributed by atoms with van der Waals surface area (Å²) in [6, 6.07) is 2.82. The minimum absolute atomic E-state index is 0.00897. The molecule has 0 saturated carbocycles. The first kappa shape index (κ1) is 22.5. The largest absolute Gasteiger partial charge is 0.371 e. The number of halogens is 2. The first-order chi connectivity index (χ1) is 15.8. The fraction of sp³-hybridized carbons (Fsp3) is 0.429. The van der Waals surface area contributed by atoms with Gasteiger partial charge in [0.2, 0.25) is 11.9 Å². The van der Waals surface area contributed by atoms with Crippen LogP contribution in [0.25, 0.3) is 16.8 Å². The van der Waals surface area contributed by atoms with Crippen molar-refractivity contribution in [3.8, 4) is 11.3 Å². The monoisotopic (exact) mass is 457 g/mol. The van der Waals surface area contributed by atoms with Crippen LogP contribution in [0.1, 0.15) is 19.0 Å². The molecule has 2 N–H and O–H groups in total. The summed E-state index contributed by atoms with van der Waals surface area (Å²) in [4.78, 5) is 21.9. The van der Waals surface area contributed by atoms with Crippen molar-refractivity contribution in [1.82, 2.24) is 24.5 Å². The molecule has 3 aromatic heterocycles. The highest BCUT2D eigenvalue weighted by atomic mass is 19.1. The Balaban J connectivity index is 1.69. The summed E-state index contributed by atoms with van der Waals surface area (Å²) < 4.78 is 31.0. The van der Waals surface area contributed by atoms with E-state index in [1.807, 2.05) is 0 Å². The summed E-state index contributed by atoms with van der Waals surface area (Å²) in [6.07, 6.45) is 0.371. The number of nitrogens with one attached hydrogen (secondary N) is 2. The van der Waals surface area contributed by atoms with Gasteiger partial charge < -0.3 is 15.5 Å². The smallest absolute Gasteiger partial charge is 0.243 e. The number of aryl methyl sites for hydroxylation is 1. The average molecular weight is 457 g/mol. The van der Waals surface area contributed by atoms with E-state index in [0.717, 1.165) is 0 Å². The number of piperidine rings is 1. The molecule has 0 aromatic carbocycles. The number of carbonyl (C=O) groups excluding carboxylic acids is 1. The van der Waals surface area contributed by atoms with Crippen LogP contribution < -0.4 is 10.6 Å². The molecule has 0 aliphatic carbocycles. The second-order valence-electron chi connectivity index (χ2n) is 7.80. The molecule has 0 radical (unpaired) electrons. The summed E-state index contributed by atoms with van der Waals surface area (Å²) in [5, 5.41) is 18.1. The zero-order valence-corrected chi connectivity index (χ0v) is 18.8. The van der Waals surface area contributed by atoms with Gasteiger partial charge in [-0.05, 0) is 25.5 Å². The Morgan fingerprint density at radius 3 is 2.73 bits per heavy atom. The van der Waals surface area contributed by atoms with Crippen molar-refractivity contribution in [3.05, 3.63) is 29.8 Å². The number of hydrogen-bond acceptors (Lipinski definition) is 8. The summed E-state index contributed by atoms with van der Waals surface area (Å²) in [6.45, 7) is 3.64. The highest BCUT2D eigenvalue weighted by Gasteiger charge is 2.31. The molecule has 1 aliphatic rings. The van der Waals surface area contributed by atoms with E-state index < -0.39 is 18.0 Å². The predicted octanol–water partition coefficient (Wildman–Crippen LogP) is 3.36. The van der Waals surface area contributed by atoms with E-state index in [-0.39, 0.29) is 24.0 Å². The van der Waals surface area contributed by atoms with Crippen molar-refractivity contribution in [2.24, 2.45) is 10.2 Å². The number of amides is 1. The van der Waals surface area contributed by atoms with Gasteiger partial charge in [-0.25, -0.2) is 13.3 Å². The zero-order chi connectivity index (χ0) is 23.7. The third kappa shape index (κ3) is 4.32. The second kappa shape index (κ2) is 9.04. The lowest BCUT2D eigenvalue weighted by Gasteiger charge is -2.34. The number of azo groups is 1. The van der Waals surface area contributed by atoms with Crippen molar-refractivity contribution in [1.29, 1.82) is 0 Å². The Labute approximate surface area is 189 Å². The van der Waals surface area contributed by atoms with Gasteiger partial charge in [0.25, 0.3) is 0 Å². The molecule has 33 heavy (non-hydrogen) atoms. The van der Waals surface area contributed by atoms with E-state index in [9.17, 15) is 9.18 Å². The van der Waals surface area contributed by atoms with Crippen molar-refractivity contribution in [2.75, 3.05) is 37.8 Å². The van der Waals surface area contributed by atoms with Gasteiger partial charge >= 0.3 is 0 Å². The van der Waals surface area contributed by atoms with E-state index >= 15 is 4.39 Å². The number of likely N-dealkylation sites (tertiary alicyclic amines) is 1. The van der Waals surface area contributed by atoms with Crippen LogP contribution in [0.2, 0.25) is 0 Å². The quantitative estimate of drug-likeness (QED) is 0.568. The van der Waals surface area contributed by atoms with Crippen molar-refractivity contribution >= 4 is 28.9 Å². The number of carbonyl (C=O) groups is 1. The maximum atomic E-state index is 15.0. The number of rotatable bonds is 5. The summed E-state index contributed by atoms with van der Waals surface area (Å²) in [7, 11) is 3.22. The number of pyridine rings is 1. The van der Waals surface area contributed by atoms with E-state index in [4.69, 9.17) is 0 Å². The number of hydrogen-bond donors (Lipinski definition) is 2. The molecule has 1 fully saturated rings. The lowest BCUT2D eigenvalue weighted by molar-refractivity contribution is -0.131. The zero-order valence-electron chi connectivity index (χ0n) is 18.8. The van der Waals surface area contributed by atoms with Gasteiger partial charge in [-0.1, -0.05) is 0 Å². The maximum absolute atomic E-state index is 15.0. The van der Waals surface area contributed by atoms with Gasteiger partial charge in [-0.15, -0.1) is 5.10 Å². The average Bonchev–Trinajstić information content (AvgIpc) is 3.11. The first-order valence-electron chi connectivity index (χ1n) is 10.5. The molecule has 1 amide bonds. The maximum Gasteiger partial charge on any atom is 0.243 e. The molecule has 2 unspecified atom stereocenters. The number of nitrogens with zero attached hydrogens (tertiary/aromatic N) is 7. The van der Waals surface area contributed by atoms with Crippen LogP contribution in [0.15, 0.2) is 28.6 Å². The van der Waals surface area contributed by atoms with Crippen molar-refractivity contribution in [3.63, 3.8) is 0 Å². The van der Waals surface area contributed by atoms with Crippen molar-refractivity contribution in [2.45, 2.75) is 32.5 Å². The predicted molar refractivity (Wildman–Crippen MR) is 120 cm³/mol. The van der Waals surface area contributed by atoms with Crippen LogP contribution in [0.3, 0.4) is 0 Å². The standard InChI is InChI=1S/C21H25F2N9O/c1-11-15(29-25-4)5-6-17(26-11)18-14(23)10-32-19(18)20(24-3)28-21(30-32)27-16-7-8-31(12(2)33)9-13(16)22/h5-6,10,13,16H,7-9H2,1-4H3,(H2,24,27,28,30). The molecule has 3 aromatic rings. The van der Waals surface area contributed by atoms with Gasteiger partial charge in [-0.3, -0.25) is 9.78 Å². The minimum atomic E-state index is -1.28. The van der Waals surface area contributed by atoms with Crippen LogP contribution in [-0.4, -0.2) is 69.8 Å². The number of fused-ring (bicyclic) bond motifs is 1. The van der Waals surface area contributed by atoms with Gasteiger partial charge in [0.1, 0.15) is 17.4 Å². The molecule has 10 nitrogen and oxygen atoms in total. The number of aromatic nitrogens is 4. The molecule has 4 rings (SSSR count). The van der Waals surface area contributed by atoms with Crippen LogP contribution in [-0.2, 0) is 4.79 Å². The number of alkyl halides is 1. The molecule has 1 aliphatic heterocycles. The molecule has 1 saturated heterocycles. The van der Waals surface area contributed by atoms with Crippen LogP contribution in [0.5, 0.6) is 0 Å². The van der Waals surface area contributed by atoms with E-state index in [2.05, 4.69) is 35.9 Å². The van der Waals surface area contributed by atoms with Crippen LogP contribution in [0, 0.1) is 12.7 Å². The topological polar surface area (TPSA) is 112 Å². The Hall–Kier alpha value is -3.70. The van der Waals surface area contributed by atoms with Gasteiger partial charge in [0, 0.05) is 27.6 Å². The Morgan fingerprint density at radius 1 is 1.30 bits per heavy atom. The summed E-state index contributed by atoms with van der Waals surface area (Å²) >= 11 is 0. The fourth-order valence-corrected chi connectivity index (χ4v) is 3.96. The first-order valence-corrected chi connectivity index (χ1v) is 10.5. The van der Waals surface area contributed by atoms with E-state index in [1.165, 1.54) is 22.5 Å². The molecule has 4 heterocycles. The summed E-state index contributed by atoms with van der Waals surface area (Å²) in [5.41, 5.74) is 2.25. The molecule has 0 bridgehead atoms. The van der Waals surface area contributed by atoms with Crippen LogP contribution >= 0.6 is 0 Å². The highest BCUT2D eigenvalue weighted by Crippen LogP contribution is 2.33. The molecular formula is C21H25F2N9O. The molecule has 12 heteroatoms. The Bertz CT molecular complexity index is 1230. The summed E-state index contributed by atoms with van der Waals surface area (Å²) in [5.74, 6) is -0.163. The molecule has 2 atom stereocenters. The van der Waals surface area contributed by atoms with Gasteiger partial charge in [-0.2, -0.15) is 15.2 Å². The lowest BCUT2D eigenvalue weighted by Crippen LogP contribution is -2.49.